The van der Waals surface area contributed by atoms with Crippen molar-refractivity contribution >= 4 is 0 Å². The third-order valence-corrected chi connectivity index (χ3v) is 1.31. The van der Waals surface area contributed by atoms with Crippen LogP contribution in [0.25, 0.3) is 0 Å². The summed E-state index contributed by atoms with van der Waals surface area (Å²) in [7, 11) is 1.54. The second kappa shape index (κ2) is 3.30. The van der Waals surface area contributed by atoms with Gasteiger partial charge in [0.15, 0.2) is 0 Å². The molecule has 0 aliphatic carbocycles. The zero-order valence-electron chi connectivity index (χ0n) is 6.53. The smallest absolute Gasteiger partial charge is 0.235 e. The number of aliphatic hydroxyl groups is 1. The molecule has 11 heavy (non-hydrogen) atoms. The fourth-order valence-corrected chi connectivity index (χ4v) is 0.795. The number of methoxy groups -OCH3 is 1. The van der Waals surface area contributed by atoms with Gasteiger partial charge in [0, 0.05) is 0 Å². The lowest BCUT2D eigenvalue weighted by molar-refractivity contribution is 0.275. The number of ether oxygens (including phenoxy) is 1. The van der Waals surface area contributed by atoms with Crippen LogP contribution in [0, 0.1) is 6.92 Å². The molecule has 1 aromatic rings. The number of hydrogen-bond acceptors (Lipinski definition) is 4. The molecule has 0 saturated carbocycles. The van der Waals surface area contributed by atoms with Crippen molar-refractivity contribution in [1.82, 2.24) is 9.97 Å². The Bertz CT molecular complexity index is 250. The second-order valence-electron chi connectivity index (χ2n) is 2.11. The first-order valence-corrected chi connectivity index (χ1v) is 3.25. The number of aromatic nitrogens is 2. The molecular formula is C7H10N2O2. The van der Waals surface area contributed by atoms with Crippen LogP contribution in [0.3, 0.4) is 0 Å². The van der Waals surface area contributed by atoms with Gasteiger partial charge >= 0.3 is 0 Å². The van der Waals surface area contributed by atoms with Crippen LogP contribution < -0.4 is 4.74 Å². The van der Waals surface area contributed by atoms with E-state index in [9.17, 15) is 0 Å². The van der Waals surface area contributed by atoms with Gasteiger partial charge < -0.3 is 9.84 Å². The SMILES string of the molecule is COc1ncc(CO)nc1C. The van der Waals surface area contributed by atoms with Crippen LogP contribution >= 0.6 is 0 Å². The van der Waals surface area contributed by atoms with E-state index >= 15 is 0 Å². The molecule has 0 amide bonds. The molecule has 0 fully saturated rings. The first-order chi connectivity index (χ1) is 5.27. The van der Waals surface area contributed by atoms with E-state index in [0.717, 1.165) is 0 Å². The Morgan fingerprint density at radius 1 is 1.64 bits per heavy atom. The van der Waals surface area contributed by atoms with Gasteiger partial charge in [-0.25, -0.2) is 9.97 Å². The summed E-state index contributed by atoms with van der Waals surface area (Å²) >= 11 is 0. The molecule has 0 bridgehead atoms. The van der Waals surface area contributed by atoms with E-state index in [1.165, 1.54) is 13.3 Å². The molecule has 0 aliphatic heterocycles. The molecule has 1 heterocycles. The molecule has 0 aromatic carbocycles. The fourth-order valence-electron chi connectivity index (χ4n) is 0.795. The minimum Gasteiger partial charge on any atom is -0.480 e. The van der Waals surface area contributed by atoms with Crippen LogP contribution in [0.1, 0.15) is 11.4 Å². The van der Waals surface area contributed by atoms with E-state index in [2.05, 4.69) is 9.97 Å². The largest absolute Gasteiger partial charge is 0.480 e. The number of hydrogen-bond donors (Lipinski definition) is 1. The maximum atomic E-state index is 8.68. The zero-order valence-corrected chi connectivity index (χ0v) is 6.53. The summed E-state index contributed by atoms with van der Waals surface area (Å²) in [5.74, 6) is 0.502. The Morgan fingerprint density at radius 2 is 2.36 bits per heavy atom. The van der Waals surface area contributed by atoms with Crippen molar-refractivity contribution in [3.05, 3.63) is 17.6 Å². The predicted molar refractivity (Wildman–Crippen MR) is 39.2 cm³/mol. The van der Waals surface area contributed by atoms with Crippen LogP contribution in [0.5, 0.6) is 5.88 Å². The highest BCUT2D eigenvalue weighted by atomic mass is 16.5. The molecule has 1 rings (SSSR count). The van der Waals surface area contributed by atoms with E-state index in [1.54, 1.807) is 6.92 Å². The Labute approximate surface area is 64.9 Å². The molecule has 0 spiro atoms. The lowest BCUT2D eigenvalue weighted by atomic mass is 10.4. The highest BCUT2D eigenvalue weighted by molar-refractivity contribution is 5.17. The molecule has 1 N–H and O–H groups in total. The summed E-state index contributed by atoms with van der Waals surface area (Å²) < 4.78 is 4.89. The van der Waals surface area contributed by atoms with Gasteiger partial charge in [-0.3, -0.25) is 0 Å². The van der Waals surface area contributed by atoms with Gasteiger partial charge in [0.1, 0.15) is 0 Å². The number of aryl methyl sites for hydroxylation is 1. The third-order valence-electron chi connectivity index (χ3n) is 1.31. The summed E-state index contributed by atoms with van der Waals surface area (Å²) in [6, 6.07) is 0. The summed E-state index contributed by atoms with van der Waals surface area (Å²) in [6.45, 7) is 1.70. The number of rotatable bonds is 2. The van der Waals surface area contributed by atoms with Gasteiger partial charge in [0.2, 0.25) is 5.88 Å². The van der Waals surface area contributed by atoms with Gasteiger partial charge in [0.25, 0.3) is 0 Å². The van der Waals surface area contributed by atoms with Crippen molar-refractivity contribution in [3.8, 4) is 5.88 Å². The van der Waals surface area contributed by atoms with E-state index in [4.69, 9.17) is 9.84 Å². The summed E-state index contributed by atoms with van der Waals surface area (Å²) in [6.07, 6.45) is 1.49. The van der Waals surface area contributed by atoms with Crippen molar-refractivity contribution in [2.75, 3.05) is 7.11 Å². The highest BCUT2D eigenvalue weighted by Crippen LogP contribution is 2.09. The van der Waals surface area contributed by atoms with E-state index in [-0.39, 0.29) is 6.61 Å². The monoisotopic (exact) mass is 154 g/mol. The predicted octanol–water partition coefficient (Wildman–Crippen LogP) is 0.286. The van der Waals surface area contributed by atoms with E-state index in [0.29, 0.717) is 17.3 Å². The first-order valence-electron chi connectivity index (χ1n) is 3.25. The minimum atomic E-state index is -0.0855. The van der Waals surface area contributed by atoms with Crippen LogP contribution in [0.4, 0.5) is 0 Å². The van der Waals surface area contributed by atoms with Crippen molar-refractivity contribution in [2.45, 2.75) is 13.5 Å². The van der Waals surface area contributed by atoms with Gasteiger partial charge in [-0.05, 0) is 6.92 Å². The minimum absolute atomic E-state index is 0.0855. The summed E-state index contributed by atoms with van der Waals surface area (Å²) in [4.78, 5) is 7.95. The average molecular weight is 154 g/mol. The van der Waals surface area contributed by atoms with Crippen molar-refractivity contribution < 1.29 is 9.84 Å². The standard InChI is InChI=1S/C7H10N2O2/c1-5-7(11-2)8-3-6(4-10)9-5/h3,10H,4H2,1-2H3. The maximum Gasteiger partial charge on any atom is 0.235 e. The molecule has 0 atom stereocenters. The quantitative estimate of drug-likeness (QED) is 0.665. The average Bonchev–Trinajstić information content (AvgIpc) is 2.04. The van der Waals surface area contributed by atoms with Crippen LogP contribution in [0.15, 0.2) is 6.20 Å². The molecule has 0 aliphatic rings. The number of aliphatic hydroxyl groups excluding tert-OH is 1. The molecule has 4 nitrogen and oxygen atoms in total. The Balaban J connectivity index is 2.99. The van der Waals surface area contributed by atoms with Crippen LogP contribution in [-0.2, 0) is 6.61 Å². The third kappa shape index (κ3) is 1.65. The summed E-state index contributed by atoms with van der Waals surface area (Å²) in [5, 5.41) is 8.68. The van der Waals surface area contributed by atoms with Gasteiger partial charge in [-0.1, -0.05) is 0 Å². The van der Waals surface area contributed by atoms with Crippen LogP contribution in [0.2, 0.25) is 0 Å². The normalized spacial score (nSPS) is 9.73. The fraction of sp³-hybridized carbons (Fsp3) is 0.429. The van der Waals surface area contributed by atoms with Crippen molar-refractivity contribution in [2.24, 2.45) is 0 Å². The molecule has 1 aromatic heterocycles. The van der Waals surface area contributed by atoms with E-state index in [1.807, 2.05) is 0 Å². The molecule has 60 valence electrons. The number of nitrogens with zero attached hydrogens (tertiary/aromatic N) is 2. The van der Waals surface area contributed by atoms with Crippen molar-refractivity contribution in [1.29, 1.82) is 0 Å². The Hall–Kier alpha value is -1.16. The Morgan fingerprint density at radius 3 is 2.82 bits per heavy atom. The second-order valence-corrected chi connectivity index (χ2v) is 2.11. The van der Waals surface area contributed by atoms with Gasteiger partial charge in [-0.2, -0.15) is 0 Å². The highest BCUT2D eigenvalue weighted by Gasteiger charge is 2.00. The maximum absolute atomic E-state index is 8.68. The first kappa shape index (κ1) is 7.94. The zero-order chi connectivity index (χ0) is 8.27. The molecular weight excluding hydrogens is 144 g/mol. The lowest BCUT2D eigenvalue weighted by Gasteiger charge is -2.02. The molecule has 0 radical (unpaired) electrons. The lowest BCUT2D eigenvalue weighted by Crippen LogP contribution is -1.98. The molecule has 0 saturated heterocycles. The van der Waals surface area contributed by atoms with Crippen LogP contribution in [-0.4, -0.2) is 22.2 Å². The topological polar surface area (TPSA) is 55.2 Å². The molecule has 4 heteroatoms. The Kier molecular flexibility index (Phi) is 2.38. The van der Waals surface area contributed by atoms with Crippen molar-refractivity contribution in [3.63, 3.8) is 0 Å². The van der Waals surface area contributed by atoms with Gasteiger partial charge in [-0.15, -0.1) is 0 Å². The summed E-state index contributed by atoms with van der Waals surface area (Å²) in [5.41, 5.74) is 1.25. The van der Waals surface area contributed by atoms with Gasteiger partial charge in [0.05, 0.1) is 31.3 Å². The molecule has 0 unspecified atom stereocenters. The van der Waals surface area contributed by atoms with E-state index < -0.39 is 0 Å².